The van der Waals surface area contributed by atoms with Gasteiger partial charge in [0, 0.05) is 16.8 Å². The Hall–Kier alpha value is -2.20. The number of carboxylic acids is 1. The molecule has 2 N–H and O–H groups in total. The molecule has 2 aromatic carbocycles. The molecule has 104 valence electrons. The Labute approximate surface area is 122 Å². The Morgan fingerprint density at radius 1 is 1.25 bits per heavy atom. The van der Waals surface area contributed by atoms with Crippen LogP contribution in [0, 0.1) is 0 Å². The van der Waals surface area contributed by atoms with E-state index in [0.717, 1.165) is 0 Å². The largest absolute Gasteiger partial charge is 0.497 e. The minimum atomic E-state index is -0.977. The standard InChI is InChI=1S/C15H14ClNO3/c1-20-13-7-3-6-12(9-13)17-14(15(18)19)10-4-2-5-11(16)8-10/h2-9,14,17H,1H3,(H,18,19). The first-order valence-corrected chi connectivity index (χ1v) is 6.37. The fourth-order valence-corrected chi connectivity index (χ4v) is 2.05. The maximum Gasteiger partial charge on any atom is 0.330 e. The topological polar surface area (TPSA) is 58.6 Å². The molecule has 0 heterocycles. The number of carbonyl (C=O) groups is 1. The van der Waals surface area contributed by atoms with Gasteiger partial charge < -0.3 is 15.2 Å². The van der Waals surface area contributed by atoms with Crippen molar-refractivity contribution in [3.05, 3.63) is 59.1 Å². The summed E-state index contributed by atoms with van der Waals surface area (Å²) in [6.45, 7) is 0. The maximum absolute atomic E-state index is 11.4. The molecule has 20 heavy (non-hydrogen) atoms. The van der Waals surface area contributed by atoms with Gasteiger partial charge in [0.1, 0.15) is 5.75 Å². The molecule has 0 radical (unpaired) electrons. The Morgan fingerprint density at radius 3 is 2.65 bits per heavy atom. The van der Waals surface area contributed by atoms with Gasteiger partial charge >= 0.3 is 5.97 Å². The van der Waals surface area contributed by atoms with Crippen molar-refractivity contribution >= 4 is 23.3 Å². The number of carboxylic acid groups (broad SMARTS) is 1. The number of benzene rings is 2. The number of hydrogen-bond acceptors (Lipinski definition) is 3. The first kappa shape index (κ1) is 14.2. The molecule has 0 fully saturated rings. The van der Waals surface area contributed by atoms with Gasteiger partial charge in [-0.15, -0.1) is 0 Å². The van der Waals surface area contributed by atoms with Crippen LogP contribution in [0.3, 0.4) is 0 Å². The summed E-state index contributed by atoms with van der Waals surface area (Å²) < 4.78 is 5.11. The Bertz CT molecular complexity index is 616. The number of hydrogen-bond donors (Lipinski definition) is 2. The molecule has 0 bridgehead atoms. The molecule has 0 saturated carbocycles. The molecule has 1 atom stereocenters. The highest BCUT2D eigenvalue weighted by Crippen LogP contribution is 2.24. The van der Waals surface area contributed by atoms with E-state index in [1.807, 2.05) is 0 Å². The summed E-state index contributed by atoms with van der Waals surface area (Å²) in [6.07, 6.45) is 0. The number of rotatable bonds is 5. The van der Waals surface area contributed by atoms with E-state index < -0.39 is 12.0 Å². The monoisotopic (exact) mass is 291 g/mol. The normalized spacial score (nSPS) is 11.7. The van der Waals surface area contributed by atoms with E-state index >= 15 is 0 Å². The zero-order chi connectivity index (χ0) is 14.5. The number of anilines is 1. The van der Waals surface area contributed by atoms with E-state index in [-0.39, 0.29) is 0 Å². The van der Waals surface area contributed by atoms with Crippen LogP contribution in [0.1, 0.15) is 11.6 Å². The quantitative estimate of drug-likeness (QED) is 0.884. The summed E-state index contributed by atoms with van der Waals surface area (Å²) in [7, 11) is 1.56. The fraction of sp³-hybridized carbons (Fsp3) is 0.133. The highest BCUT2D eigenvalue weighted by atomic mass is 35.5. The first-order valence-electron chi connectivity index (χ1n) is 5.99. The highest BCUT2D eigenvalue weighted by molar-refractivity contribution is 6.30. The van der Waals surface area contributed by atoms with E-state index in [2.05, 4.69) is 5.32 Å². The number of aliphatic carboxylic acids is 1. The second kappa shape index (κ2) is 6.30. The summed E-state index contributed by atoms with van der Waals surface area (Å²) >= 11 is 5.90. The third-order valence-corrected chi connectivity index (χ3v) is 3.04. The molecule has 0 saturated heterocycles. The molecular weight excluding hydrogens is 278 g/mol. The zero-order valence-corrected chi connectivity index (χ0v) is 11.6. The van der Waals surface area contributed by atoms with Crippen LogP contribution < -0.4 is 10.1 Å². The Balaban J connectivity index is 2.28. The van der Waals surface area contributed by atoms with Crippen molar-refractivity contribution in [2.45, 2.75) is 6.04 Å². The van der Waals surface area contributed by atoms with E-state index in [1.54, 1.807) is 55.6 Å². The second-order valence-electron chi connectivity index (χ2n) is 4.20. The number of halogens is 1. The van der Waals surface area contributed by atoms with E-state index in [0.29, 0.717) is 22.0 Å². The molecule has 0 aromatic heterocycles. The molecular formula is C15H14ClNO3. The van der Waals surface area contributed by atoms with Gasteiger partial charge in [0.25, 0.3) is 0 Å². The lowest BCUT2D eigenvalue weighted by atomic mass is 10.1. The Morgan fingerprint density at radius 2 is 2.00 bits per heavy atom. The van der Waals surface area contributed by atoms with Gasteiger partial charge in [0.05, 0.1) is 7.11 Å². The molecule has 0 spiro atoms. The van der Waals surface area contributed by atoms with Crippen LogP contribution in [-0.2, 0) is 4.79 Å². The predicted octanol–water partition coefficient (Wildman–Crippen LogP) is 3.59. The van der Waals surface area contributed by atoms with E-state index in [9.17, 15) is 9.90 Å². The van der Waals surface area contributed by atoms with Crippen LogP contribution in [0.5, 0.6) is 5.75 Å². The third-order valence-electron chi connectivity index (χ3n) is 2.81. The molecule has 5 heteroatoms. The minimum Gasteiger partial charge on any atom is -0.497 e. The van der Waals surface area contributed by atoms with Crippen LogP contribution in [0.2, 0.25) is 5.02 Å². The van der Waals surface area contributed by atoms with Crippen LogP contribution in [0.15, 0.2) is 48.5 Å². The van der Waals surface area contributed by atoms with Crippen molar-refractivity contribution in [1.29, 1.82) is 0 Å². The third kappa shape index (κ3) is 3.42. The van der Waals surface area contributed by atoms with Gasteiger partial charge in [-0.05, 0) is 29.8 Å². The summed E-state index contributed by atoms with van der Waals surface area (Å²) in [5.74, 6) is -0.319. The van der Waals surface area contributed by atoms with Crippen molar-refractivity contribution in [2.75, 3.05) is 12.4 Å². The lowest BCUT2D eigenvalue weighted by molar-refractivity contribution is -0.138. The second-order valence-corrected chi connectivity index (χ2v) is 4.64. The number of ether oxygens (including phenoxy) is 1. The van der Waals surface area contributed by atoms with Crippen LogP contribution in [-0.4, -0.2) is 18.2 Å². The SMILES string of the molecule is COc1cccc(NC(C(=O)O)c2cccc(Cl)c2)c1. The Kier molecular flexibility index (Phi) is 4.48. The van der Waals surface area contributed by atoms with Crippen LogP contribution in [0.25, 0.3) is 0 Å². The van der Waals surface area contributed by atoms with Gasteiger partial charge in [-0.1, -0.05) is 29.8 Å². The molecule has 4 nitrogen and oxygen atoms in total. The minimum absolute atomic E-state index is 0.501. The summed E-state index contributed by atoms with van der Waals surface area (Å²) in [6, 6.07) is 13.0. The van der Waals surface area contributed by atoms with Crippen molar-refractivity contribution in [3.63, 3.8) is 0 Å². The van der Waals surface area contributed by atoms with Gasteiger partial charge in [0.2, 0.25) is 0 Å². The highest BCUT2D eigenvalue weighted by Gasteiger charge is 2.19. The fourth-order valence-electron chi connectivity index (χ4n) is 1.85. The molecule has 0 aliphatic carbocycles. The van der Waals surface area contributed by atoms with Crippen LogP contribution >= 0.6 is 11.6 Å². The van der Waals surface area contributed by atoms with E-state index in [1.165, 1.54) is 0 Å². The maximum atomic E-state index is 11.4. The number of nitrogens with one attached hydrogen (secondary N) is 1. The average Bonchev–Trinajstić information content (AvgIpc) is 2.44. The summed E-state index contributed by atoms with van der Waals surface area (Å²) in [5, 5.41) is 12.8. The lowest BCUT2D eigenvalue weighted by Crippen LogP contribution is -2.20. The van der Waals surface area contributed by atoms with Gasteiger partial charge in [0.15, 0.2) is 6.04 Å². The van der Waals surface area contributed by atoms with Crippen molar-refractivity contribution in [1.82, 2.24) is 0 Å². The van der Waals surface area contributed by atoms with Gasteiger partial charge in [-0.25, -0.2) is 4.79 Å². The average molecular weight is 292 g/mol. The van der Waals surface area contributed by atoms with Crippen molar-refractivity contribution in [3.8, 4) is 5.75 Å². The molecule has 1 unspecified atom stereocenters. The predicted molar refractivity (Wildman–Crippen MR) is 78.4 cm³/mol. The van der Waals surface area contributed by atoms with Gasteiger partial charge in [-0.3, -0.25) is 0 Å². The smallest absolute Gasteiger partial charge is 0.330 e. The molecule has 0 amide bonds. The van der Waals surface area contributed by atoms with Crippen LogP contribution in [0.4, 0.5) is 5.69 Å². The molecule has 2 rings (SSSR count). The van der Waals surface area contributed by atoms with Gasteiger partial charge in [-0.2, -0.15) is 0 Å². The van der Waals surface area contributed by atoms with Crippen molar-refractivity contribution in [2.24, 2.45) is 0 Å². The zero-order valence-electron chi connectivity index (χ0n) is 10.8. The van der Waals surface area contributed by atoms with E-state index in [4.69, 9.17) is 16.3 Å². The molecule has 0 aliphatic heterocycles. The lowest BCUT2D eigenvalue weighted by Gasteiger charge is -2.17. The number of methoxy groups -OCH3 is 1. The first-order chi connectivity index (χ1) is 9.60. The summed E-state index contributed by atoms with van der Waals surface area (Å²) in [5.41, 5.74) is 1.25. The molecule has 2 aromatic rings. The van der Waals surface area contributed by atoms with Crippen molar-refractivity contribution < 1.29 is 14.6 Å². The summed E-state index contributed by atoms with van der Waals surface area (Å²) in [4.78, 5) is 11.4. The molecule has 0 aliphatic rings.